The molecule has 98 valence electrons. The van der Waals surface area contributed by atoms with Crippen molar-refractivity contribution >= 4 is 11.9 Å². The van der Waals surface area contributed by atoms with Gasteiger partial charge in [-0.15, -0.1) is 10.2 Å². The van der Waals surface area contributed by atoms with Crippen molar-refractivity contribution in [1.82, 2.24) is 29.7 Å². The predicted octanol–water partition coefficient (Wildman–Crippen LogP) is 0.705. The maximum atomic E-state index is 11.9. The van der Waals surface area contributed by atoms with Crippen LogP contribution in [0.15, 0.2) is 49.3 Å². The summed E-state index contributed by atoms with van der Waals surface area (Å²) < 4.78 is 1.69. The van der Waals surface area contributed by atoms with Gasteiger partial charge >= 0.3 is 0 Å². The van der Waals surface area contributed by atoms with Gasteiger partial charge in [-0.05, 0) is 18.2 Å². The molecule has 20 heavy (non-hydrogen) atoms. The highest BCUT2D eigenvalue weighted by Gasteiger charge is 2.10. The lowest BCUT2D eigenvalue weighted by Crippen LogP contribution is -2.16. The van der Waals surface area contributed by atoms with Crippen molar-refractivity contribution < 1.29 is 4.79 Å². The SMILES string of the molecule is O=C(Nc1ncccn1)c1ccc(-n2ccnc2)nn1. The summed E-state index contributed by atoms with van der Waals surface area (Å²) in [5.74, 6) is 0.383. The van der Waals surface area contributed by atoms with E-state index < -0.39 is 5.91 Å². The molecule has 0 atom stereocenters. The molecule has 3 rings (SSSR count). The molecule has 0 spiro atoms. The van der Waals surface area contributed by atoms with E-state index >= 15 is 0 Å². The van der Waals surface area contributed by atoms with Crippen LogP contribution >= 0.6 is 0 Å². The first-order chi connectivity index (χ1) is 9.83. The van der Waals surface area contributed by atoms with E-state index in [1.54, 1.807) is 41.5 Å². The van der Waals surface area contributed by atoms with Gasteiger partial charge in [-0.25, -0.2) is 15.0 Å². The van der Waals surface area contributed by atoms with Crippen molar-refractivity contribution in [2.24, 2.45) is 0 Å². The Balaban J connectivity index is 1.76. The van der Waals surface area contributed by atoms with Crippen molar-refractivity contribution in [1.29, 1.82) is 0 Å². The van der Waals surface area contributed by atoms with Crippen LogP contribution in [0.3, 0.4) is 0 Å². The van der Waals surface area contributed by atoms with Crippen LogP contribution in [-0.2, 0) is 0 Å². The highest BCUT2D eigenvalue weighted by Crippen LogP contribution is 2.04. The fourth-order valence-corrected chi connectivity index (χ4v) is 1.51. The van der Waals surface area contributed by atoms with E-state index in [1.807, 2.05) is 0 Å². The Bertz CT molecular complexity index is 694. The van der Waals surface area contributed by atoms with Gasteiger partial charge in [0.15, 0.2) is 11.5 Å². The molecule has 0 bridgehead atoms. The molecule has 3 heterocycles. The first-order valence-corrected chi connectivity index (χ1v) is 5.73. The number of nitrogens with zero attached hydrogens (tertiary/aromatic N) is 6. The van der Waals surface area contributed by atoms with Crippen molar-refractivity contribution in [3.8, 4) is 5.82 Å². The fourth-order valence-electron chi connectivity index (χ4n) is 1.51. The molecule has 8 heteroatoms. The highest BCUT2D eigenvalue weighted by molar-refractivity contribution is 6.01. The minimum absolute atomic E-state index is 0.182. The first-order valence-electron chi connectivity index (χ1n) is 5.73. The molecule has 3 aromatic heterocycles. The average molecular weight is 267 g/mol. The minimum atomic E-state index is -0.416. The van der Waals surface area contributed by atoms with E-state index in [9.17, 15) is 4.79 Å². The van der Waals surface area contributed by atoms with Gasteiger partial charge in [-0.1, -0.05) is 0 Å². The second-order valence-corrected chi connectivity index (χ2v) is 3.77. The van der Waals surface area contributed by atoms with Crippen molar-refractivity contribution in [2.75, 3.05) is 5.32 Å². The van der Waals surface area contributed by atoms with Crippen LogP contribution in [0.2, 0.25) is 0 Å². The molecule has 0 unspecified atom stereocenters. The number of amides is 1. The van der Waals surface area contributed by atoms with Gasteiger partial charge in [-0.3, -0.25) is 14.7 Å². The Labute approximate surface area is 113 Å². The largest absolute Gasteiger partial charge is 0.289 e. The number of hydrogen-bond donors (Lipinski definition) is 1. The molecule has 0 aliphatic carbocycles. The van der Waals surface area contributed by atoms with E-state index in [0.717, 1.165) is 0 Å². The third kappa shape index (κ3) is 2.48. The molecule has 0 aliphatic rings. The Hall–Kier alpha value is -3.16. The summed E-state index contributed by atoms with van der Waals surface area (Å²) in [6, 6.07) is 4.91. The highest BCUT2D eigenvalue weighted by atomic mass is 16.2. The van der Waals surface area contributed by atoms with Crippen molar-refractivity contribution in [2.45, 2.75) is 0 Å². The molecule has 0 aliphatic heterocycles. The molecule has 8 nitrogen and oxygen atoms in total. The molecule has 0 radical (unpaired) electrons. The lowest BCUT2D eigenvalue weighted by Gasteiger charge is -2.03. The number of aromatic nitrogens is 6. The molecule has 1 N–H and O–H groups in total. The van der Waals surface area contributed by atoms with Gasteiger partial charge in [0.2, 0.25) is 5.95 Å². The van der Waals surface area contributed by atoms with Crippen LogP contribution in [-0.4, -0.2) is 35.6 Å². The molecule has 0 fully saturated rings. The Morgan fingerprint density at radius 3 is 2.60 bits per heavy atom. The summed E-state index contributed by atoms with van der Waals surface area (Å²) >= 11 is 0. The Morgan fingerprint density at radius 1 is 1.10 bits per heavy atom. The van der Waals surface area contributed by atoms with E-state index in [1.165, 1.54) is 12.4 Å². The first kappa shape index (κ1) is 11.9. The van der Waals surface area contributed by atoms with Crippen LogP contribution in [0.25, 0.3) is 5.82 Å². The number of anilines is 1. The quantitative estimate of drug-likeness (QED) is 0.750. The normalized spacial score (nSPS) is 10.2. The molecule has 3 aromatic rings. The van der Waals surface area contributed by atoms with Crippen molar-refractivity contribution in [3.63, 3.8) is 0 Å². The molecule has 1 amide bonds. The third-order valence-corrected chi connectivity index (χ3v) is 2.44. The Kier molecular flexibility index (Phi) is 3.11. The second-order valence-electron chi connectivity index (χ2n) is 3.77. The topological polar surface area (TPSA) is 98.5 Å². The van der Waals surface area contributed by atoms with Crippen LogP contribution in [0, 0.1) is 0 Å². The molecular formula is C12H9N7O. The average Bonchev–Trinajstić information content (AvgIpc) is 3.03. The summed E-state index contributed by atoms with van der Waals surface area (Å²) in [6.45, 7) is 0. The molecule has 0 saturated carbocycles. The van der Waals surface area contributed by atoms with Gasteiger partial charge in [0.25, 0.3) is 5.91 Å². The van der Waals surface area contributed by atoms with Gasteiger partial charge in [0.05, 0.1) is 0 Å². The van der Waals surface area contributed by atoms with Crippen LogP contribution in [0.1, 0.15) is 10.5 Å². The summed E-state index contributed by atoms with van der Waals surface area (Å²) in [5.41, 5.74) is 0.182. The zero-order valence-electron chi connectivity index (χ0n) is 10.2. The fraction of sp³-hybridized carbons (Fsp3) is 0. The zero-order chi connectivity index (χ0) is 13.8. The zero-order valence-corrected chi connectivity index (χ0v) is 10.2. The second kappa shape index (κ2) is 5.22. The number of carbonyl (C=O) groups excluding carboxylic acids is 1. The standard InChI is InChI=1S/C12H9N7O/c20-11(16-12-14-4-1-5-15-12)9-2-3-10(18-17-9)19-7-6-13-8-19/h1-8H,(H,14,15,16,20). The summed E-state index contributed by atoms with van der Waals surface area (Å²) in [4.78, 5) is 23.6. The molecule has 0 aromatic carbocycles. The van der Waals surface area contributed by atoms with Crippen molar-refractivity contribution in [3.05, 3.63) is 55.0 Å². The van der Waals surface area contributed by atoms with E-state index in [2.05, 4.69) is 30.5 Å². The molecule has 0 saturated heterocycles. The Morgan fingerprint density at radius 2 is 1.95 bits per heavy atom. The molecular weight excluding hydrogens is 258 g/mol. The number of hydrogen-bond acceptors (Lipinski definition) is 6. The van der Waals surface area contributed by atoms with Crippen LogP contribution < -0.4 is 5.32 Å². The predicted molar refractivity (Wildman–Crippen MR) is 69.1 cm³/mol. The van der Waals surface area contributed by atoms with E-state index in [-0.39, 0.29) is 11.6 Å². The maximum absolute atomic E-state index is 11.9. The van der Waals surface area contributed by atoms with Gasteiger partial charge in [-0.2, -0.15) is 0 Å². The summed E-state index contributed by atoms with van der Waals surface area (Å²) in [7, 11) is 0. The van der Waals surface area contributed by atoms with Gasteiger partial charge in [0, 0.05) is 24.8 Å². The van der Waals surface area contributed by atoms with E-state index in [4.69, 9.17) is 0 Å². The van der Waals surface area contributed by atoms with Gasteiger partial charge in [0.1, 0.15) is 6.33 Å². The number of nitrogens with one attached hydrogen (secondary N) is 1. The lowest BCUT2D eigenvalue weighted by atomic mass is 10.3. The van der Waals surface area contributed by atoms with E-state index in [0.29, 0.717) is 5.82 Å². The minimum Gasteiger partial charge on any atom is -0.289 e. The van der Waals surface area contributed by atoms with Gasteiger partial charge < -0.3 is 0 Å². The number of rotatable bonds is 3. The lowest BCUT2D eigenvalue weighted by molar-refractivity contribution is 0.102. The number of imidazole rings is 1. The maximum Gasteiger partial charge on any atom is 0.278 e. The smallest absolute Gasteiger partial charge is 0.278 e. The monoisotopic (exact) mass is 267 g/mol. The third-order valence-electron chi connectivity index (χ3n) is 2.44. The summed E-state index contributed by atoms with van der Waals surface area (Å²) in [5, 5.41) is 10.3. The summed E-state index contributed by atoms with van der Waals surface area (Å²) in [6.07, 6.45) is 8.05. The van der Waals surface area contributed by atoms with Crippen LogP contribution in [0.4, 0.5) is 5.95 Å². The number of carbonyl (C=O) groups is 1. The van der Waals surface area contributed by atoms with Crippen LogP contribution in [0.5, 0.6) is 0 Å².